The van der Waals surface area contributed by atoms with Gasteiger partial charge in [0, 0.05) is 6.61 Å². The van der Waals surface area contributed by atoms with Crippen molar-refractivity contribution in [1.82, 2.24) is 5.32 Å². The highest BCUT2D eigenvalue weighted by Crippen LogP contribution is 2.42. The summed E-state index contributed by atoms with van der Waals surface area (Å²) in [4.78, 5) is 46.4. The maximum Gasteiger partial charge on any atom is 0.470 e. The van der Waals surface area contributed by atoms with Gasteiger partial charge in [-0.2, -0.15) is 0 Å². The highest BCUT2D eigenvalue weighted by atomic mass is 31.2. The maximum atomic E-state index is 15.4. The number of unbranched alkanes of at least 4 members (excludes halogenated alkanes) is 27. The first kappa shape index (κ1) is 59.8. The Bertz CT molecular complexity index is 1150. The molecule has 1 rings (SSSR count). The Morgan fingerprint density at radius 2 is 1.06 bits per heavy atom. The molecule has 6 N–H and O–H groups in total. The van der Waals surface area contributed by atoms with Crippen LogP contribution in [-0.2, 0) is 32.9 Å². The largest absolute Gasteiger partial charge is 0.470 e. The number of hydrogen-bond donors (Lipinski definition) is 6. The Morgan fingerprint density at radius 1 is 0.651 bits per heavy atom. The Labute approximate surface area is 381 Å². The minimum atomic E-state index is -5.32. The van der Waals surface area contributed by atoms with Gasteiger partial charge in [0.15, 0.2) is 12.4 Å². The van der Waals surface area contributed by atoms with Crippen LogP contribution in [0.4, 0.5) is 4.39 Å². The van der Waals surface area contributed by atoms with Crippen LogP contribution < -0.4 is 5.32 Å². The fourth-order valence-electron chi connectivity index (χ4n) is 8.38. The van der Waals surface area contributed by atoms with Crippen molar-refractivity contribution in [2.45, 2.75) is 282 Å². The molecule has 0 aromatic rings. The third-order valence-electron chi connectivity index (χ3n) is 12.2. The summed E-state index contributed by atoms with van der Waals surface area (Å²) in [5.41, 5.74) is 0. The lowest BCUT2D eigenvalue weighted by Gasteiger charge is -2.44. The summed E-state index contributed by atoms with van der Waals surface area (Å²) < 4.78 is 49.7. The molecule has 1 fully saturated rings. The summed E-state index contributed by atoms with van der Waals surface area (Å²) in [7, 11) is -5.32. The number of amides is 1. The van der Waals surface area contributed by atoms with E-state index in [1.165, 1.54) is 116 Å². The Balaban J connectivity index is 2.93. The average molecular weight is 926 g/mol. The number of carbonyl (C=O) groups is 2. The van der Waals surface area contributed by atoms with Crippen molar-refractivity contribution in [2.75, 3.05) is 13.2 Å². The molecule has 1 amide bonds. The topological polar surface area (TPSA) is 201 Å². The van der Waals surface area contributed by atoms with E-state index in [0.29, 0.717) is 19.4 Å². The van der Waals surface area contributed by atoms with Crippen molar-refractivity contribution in [3.05, 3.63) is 0 Å². The van der Waals surface area contributed by atoms with Crippen LogP contribution in [0.3, 0.4) is 0 Å². The smallest absolute Gasteiger partial charge is 0.457 e. The Morgan fingerprint density at radius 3 is 1.49 bits per heavy atom. The highest BCUT2D eigenvalue weighted by Gasteiger charge is 2.51. The van der Waals surface area contributed by atoms with Crippen LogP contribution in [0.15, 0.2) is 0 Å². The molecular formula is C48H93FNO12P. The number of phosphoric ester groups is 1. The van der Waals surface area contributed by atoms with Gasteiger partial charge in [0.05, 0.1) is 25.2 Å². The second-order valence-corrected chi connectivity index (χ2v) is 19.3. The van der Waals surface area contributed by atoms with Crippen molar-refractivity contribution in [2.24, 2.45) is 0 Å². The van der Waals surface area contributed by atoms with Crippen molar-refractivity contribution in [3.8, 4) is 0 Å². The van der Waals surface area contributed by atoms with Crippen LogP contribution in [-0.4, -0.2) is 99.2 Å². The van der Waals surface area contributed by atoms with Crippen LogP contribution in [0.5, 0.6) is 0 Å². The molecule has 374 valence electrons. The van der Waals surface area contributed by atoms with Crippen molar-refractivity contribution in [3.63, 3.8) is 0 Å². The number of esters is 1. The van der Waals surface area contributed by atoms with Gasteiger partial charge in [-0.25, -0.2) is 8.96 Å². The van der Waals surface area contributed by atoms with Gasteiger partial charge in [-0.15, -0.1) is 0 Å². The fraction of sp³-hybridized carbons (Fsp3) is 0.958. The zero-order chi connectivity index (χ0) is 46.6. The molecule has 1 aliphatic heterocycles. The molecule has 0 bridgehead atoms. The molecule has 8 atom stereocenters. The van der Waals surface area contributed by atoms with E-state index in [2.05, 4.69) is 26.1 Å². The third-order valence-corrected chi connectivity index (χ3v) is 12.8. The number of aliphatic hydroxyl groups is 3. The third kappa shape index (κ3) is 30.6. The van der Waals surface area contributed by atoms with E-state index >= 15 is 4.39 Å². The molecule has 0 aromatic carbocycles. The van der Waals surface area contributed by atoms with Crippen LogP contribution in [0.1, 0.15) is 233 Å². The van der Waals surface area contributed by atoms with Gasteiger partial charge in [-0.1, -0.05) is 207 Å². The normalized spacial score (nSPS) is 20.7. The molecule has 0 saturated carbocycles. The Hall–Kier alpha value is -1.22. The van der Waals surface area contributed by atoms with E-state index in [-0.39, 0.29) is 12.8 Å². The van der Waals surface area contributed by atoms with Crippen LogP contribution in [0, 0.1) is 0 Å². The van der Waals surface area contributed by atoms with Crippen molar-refractivity contribution in [1.29, 1.82) is 0 Å². The number of ether oxygens (including phenoxy) is 3. The predicted molar refractivity (Wildman–Crippen MR) is 247 cm³/mol. The van der Waals surface area contributed by atoms with Crippen molar-refractivity contribution >= 4 is 19.7 Å². The molecule has 1 aliphatic rings. The molecule has 1 heterocycles. The number of phosphoric acid groups is 1. The summed E-state index contributed by atoms with van der Waals surface area (Å²) >= 11 is 0. The van der Waals surface area contributed by atoms with E-state index in [9.17, 15) is 39.3 Å². The van der Waals surface area contributed by atoms with E-state index in [1.807, 2.05) is 0 Å². The molecule has 8 unspecified atom stereocenters. The number of alkyl halides is 1. The van der Waals surface area contributed by atoms with Gasteiger partial charge in [0.2, 0.25) is 6.17 Å². The lowest BCUT2D eigenvalue weighted by atomic mass is 9.96. The van der Waals surface area contributed by atoms with Gasteiger partial charge in [0.25, 0.3) is 5.91 Å². The van der Waals surface area contributed by atoms with Gasteiger partial charge in [0.1, 0.15) is 18.2 Å². The summed E-state index contributed by atoms with van der Waals surface area (Å²) in [6, 6.07) is -1.77. The van der Waals surface area contributed by atoms with E-state index in [1.54, 1.807) is 0 Å². The highest BCUT2D eigenvalue weighted by molar-refractivity contribution is 7.46. The fourth-order valence-corrected chi connectivity index (χ4v) is 8.95. The molecule has 0 spiro atoms. The molecule has 63 heavy (non-hydrogen) atoms. The molecule has 15 heteroatoms. The quantitative estimate of drug-likeness (QED) is 0.0192. The van der Waals surface area contributed by atoms with Gasteiger partial charge >= 0.3 is 13.8 Å². The minimum Gasteiger partial charge on any atom is -0.457 e. The average Bonchev–Trinajstić information content (AvgIpc) is 3.25. The zero-order valence-electron chi connectivity index (χ0n) is 39.8. The van der Waals surface area contributed by atoms with Crippen LogP contribution in [0.25, 0.3) is 0 Å². The summed E-state index contributed by atoms with van der Waals surface area (Å²) in [6.45, 7) is 6.14. The monoisotopic (exact) mass is 926 g/mol. The first-order valence-corrected chi connectivity index (χ1v) is 27.0. The van der Waals surface area contributed by atoms with Crippen LogP contribution >= 0.6 is 7.82 Å². The minimum absolute atomic E-state index is 0.0166. The summed E-state index contributed by atoms with van der Waals surface area (Å²) in [5, 5.41) is 33.8. The lowest BCUT2D eigenvalue weighted by Crippen LogP contribution is -2.66. The number of aliphatic hydroxyl groups excluding tert-OH is 3. The van der Waals surface area contributed by atoms with Gasteiger partial charge in [-0.05, 0) is 19.3 Å². The summed E-state index contributed by atoms with van der Waals surface area (Å²) in [6.07, 6.45) is 22.1. The van der Waals surface area contributed by atoms with Gasteiger partial charge in [-0.3, -0.25) is 14.1 Å². The number of halogens is 1. The number of rotatable bonds is 43. The Kier molecular flexibility index (Phi) is 36.9. The molecule has 0 aromatic heterocycles. The summed E-state index contributed by atoms with van der Waals surface area (Å²) in [5.74, 6) is -2.19. The van der Waals surface area contributed by atoms with Crippen molar-refractivity contribution < 1.29 is 62.4 Å². The number of carbonyl (C=O) groups excluding carboxylic acids is 2. The number of nitrogens with one attached hydrogen (secondary N) is 1. The standard InChI is InChI=1S/C48H93FNO12P/c1-4-7-10-13-16-19-20-21-24-27-30-33-36-59-39(34-31-28-25-22-17-14-11-8-5-2)37-42(53)61-46-44(48(55)60-41(38-51)45(46)62-63(56,57)58)50-47(54)43(49)40(52)35-32-29-26-23-18-15-12-9-6-3/h39-41,43-46,48,51-52,55H,4-38H2,1-3H3,(H,50,54)(H2,56,57,58). The van der Waals surface area contributed by atoms with Gasteiger partial charge < -0.3 is 44.6 Å². The molecule has 0 radical (unpaired) electrons. The van der Waals surface area contributed by atoms with E-state index < -0.39 is 75.3 Å². The van der Waals surface area contributed by atoms with E-state index in [4.69, 9.17) is 18.7 Å². The SMILES string of the molecule is CCCCCCCCCCCCCCOC(CCCCCCCCCCC)CC(=O)OC1C(NC(=O)C(F)C(O)CCCCCCCCCCC)C(O)OC(CO)C1OP(=O)(O)O. The zero-order valence-corrected chi connectivity index (χ0v) is 40.7. The second-order valence-electron chi connectivity index (χ2n) is 18.1. The first-order chi connectivity index (χ1) is 30.4. The molecule has 0 aliphatic carbocycles. The molecule has 1 saturated heterocycles. The first-order valence-electron chi connectivity index (χ1n) is 25.5. The predicted octanol–water partition coefficient (Wildman–Crippen LogP) is 10.6. The van der Waals surface area contributed by atoms with E-state index in [0.717, 1.165) is 70.6 Å². The number of hydrogen-bond acceptors (Lipinski definition) is 10. The molecule has 13 nitrogen and oxygen atoms in total. The van der Waals surface area contributed by atoms with Crippen LogP contribution in [0.2, 0.25) is 0 Å². The second kappa shape index (κ2) is 38.8. The lowest BCUT2D eigenvalue weighted by molar-refractivity contribution is -0.256. The molecular weight excluding hydrogens is 832 g/mol. The maximum absolute atomic E-state index is 15.4.